The van der Waals surface area contributed by atoms with Crippen LogP contribution in [-0.4, -0.2) is 23.3 Å². The average molecular weight is 288 g/mol. The standard InChI is InChI=1S/C18H28N2O/c1-5-21-12-6-10-20-11-9-16-8-7-15(13-17(16)20)14-19-18(2,3)4/h7-9,11,13,19H,5-6,10,12,14H2,1-4H3. The molecule has 3 heteroatoms. The number of aromatic nitrogens is 1. The van der Waals surface area contributed by atoms with E-state index < -0.39 is 0 Å². The molecule has 1 heterocycles. The first-order valence-corrected chi connectivity index (χ1v) is 7.90. The molecule has 0 saturated carbocycles. The van der Waals surface area contributed by atoms with Crippen LogP contribution in [0.25, 0.3) is 10.9 Å². The van der Waals surface area contributed by atoms with Gasteiger partial charge in [0.15, 0.2) is 0 Å². The van der Waals surface area contributed by atoms with Crippen LogP contribution >= 0.6 is 0 Å². The van der Waals surface area contributed by atoms with Gasteiger partial charge in [-0.25, -0.2) is 0 Å². The molecule has 3 nitrogen and oxygen atoms in total. The molecule has 0 aliphatic rings. The molecule has 0 unspecified atom stereocenters. The van der Waals surface area contributed by atoms with Gasteiger partial charge in [-0.2, -0.15) is 0 Å². The number of nitrogens with one attached hydrogen (secondary N) is 1. The van der Waals surface area contributed by atoms with Crippen LogP contribution < -0.4 is 5.32 Å². The number of benzene rings is 1. The van der Waals surface area contributed by atoms with E-state index in [1.54, 1.807) is 0 Å². The van der Waals surface area contributed by atoms with E-state index in [-0.39, 0.29) is 5.54 Å². The highest BCUT2D eigenvalue weighted by Crippen LogP contribution is 2.18. The third-order valence-electron chi connectivity index (χ3n) is 3.55. The Kier molecular flexibility index (Phi) is 5.43. The van der Waals surface area contributed by atoms with Crippen molar-refractivity contribution in [2.75, 3.05) is 13.2 Å². The molecule has 0 amide bonds. The molecule has 0 aliphatic carbocycles. The highest BCUT2D eigenvalue weighted by Gasteiger charge is 2.09. The molecule has 21 heavy (non-hydrogen) atoms. The second-order valence-corrected chi connectivity index (χ2v) is 6.56. The van der Waals surface area contributed by atoms with Gasteiger partial charge in [0, 0.05) is 43.6 Å². The van der Waals surface area contributed by atoms with Crippen LogP contribution in [0, 0.1) is 0 Å². The van der Waals surface area contributed by atoms with Crippen LogP contribution in [0.5, 0.6) is 0 Å². The summed E-state index contributed by atoms with van der Waals surface area (Å²) in [6.07, 6.45) is 3.24. The Labute approximate surface area is 128 Å². The molecular formula is C18H28N2O. The van der Waals surface area contributed by atoms with Gasteiger partial charge >= 0.3 is 0 Å². The van der Waals surface area contributed by atoms with Gasteiger partial charge in [0.25, 0.3) is 0 Å². The lowest BCUT2D eigenvalue weighted by Gasteiger charge is -2.20. The number of hydrogen-bond donors (Lipinski definition) is 1. The maximum absolute atomic E-state index is 5.42. The predicted octanol–water partition coefficient (Wildman–Crippen LogP) is 3.96. The summed E-state index contributed by atoms with van der Waals surface area (Å²) in [5.74, 6) is 0. The molecule has 0 spiro atoms. The Morgan fingerprint density at radius 2 is 2.00 bits per heavy atom. The SMILES string of the molecule is CCOCCCn1ccc2ccc(CNC(C)(C)C)cc21. The van der Waals surface area contributed by atoms with Crippen LogP contribution in [0.2, 0.25) is 0 Å². The van der Waals surface area contributed by atoms with E-state index in [2.05, 4.69) is 61.1 Å². The molecule has 0 saturated heterocycles. The third-order valence-corrected chi connectivity index (χ3v) is 3.55. The maximum atomic E-state index is 5.42. The third kappa shape index (κ3) is 4.87. The van der Waals surface area contributed by atoms with Crippen molar-refractivity contribution in [3.8, 4) is 0 Å². The van der Waals surface area contributed by atoms with Crippen LogP contribution in [0.1, 0.15) is 39.7 Å². The number of aryl methyl sites for hydroxylation is 1. The Bertz CT molecular complexity index is 566. The fourth-order valence-electron chi connectivity index (χ4n) is 2.38. The fraction of sp³-hybridized carbons (Fsp3) is 0.556. The van der Waals surface area contributed by atoms with Gasteiger partial charge in [0.1, 0.15) is 0 Å². The molecule has 116 valence electrons. The van der Waals surface area contributed by atoms with Crippen molar-refractivity contribution in [2.24, 2.45) is 0 Å². The predicted molar refractivity (Wildman–Crippen MR) is 89.6 cm³/mol. The Balaban J connectivity index is 2.05. The Morgan fingerprint density at radius 1 is 1.19 bits per heavy atom. The maximum Gasteiger partial charge on any atom is 0.0483 e. The summed E-state index contributed by atoms with van der Waals surface area (Å²) < 4.78 is 7.75. The second kappa shape index (κ2) is 7.10. The largest absolute Gasteiger partial charge is 0.382 e. The van der Waals surface area contributed by atoms with Crippen molar-refractivity contribution in [2.45, 2.75) is 52.7 Å². The summed E-state index contributed by atoms with van der Waals surface area (Å²) in [5.41, 5.74) is 2.80. The molecule has 0 radical (unpaired) electrons. The highest BCUT2D eigenvalue weighted by molar-refractivity contribution is 5.80. The summed E-state index contributed by atoms with van der Waals surface area (Å²) >= 11 is 0. The molecule has 2 rings (SSSR count). The van der Waals surface area contributed by atoms with Gasteiger partial charge in [-0.3, -0.25) is 0 Å². The van der Waals surface area contributed by atoms with E-state index in [9.17, 15) is 0 Å². The smallest absolute Gasteiger partial charge is 0.0483 e. The lowest BCUT2D eigenvalue weighted by molar-refractivity contribution is 0.142. The average Bonchev–Trinajstić information content (AvgIpc) is 2.83. The van der Waals surface area contributed by atoms with Gasteiger partial charge in [-0.15, -0.1) is 0 Å². The number of ether oxygens (including phenoxy) is 1. The summed E-state index contributed by atoms with van der Waals surface area (Å²) in [6, 6.07) is 8.92. The minimum absolute atomic E-state index is 0.147. The molecule has 2 aromatic rings. The van der Waals surface area contributed by atoms with Crippen molar-refractivity contribution in [1.82, 2.24) is 9.88 Å². The first-order chi connectivity index (χ1) is 9.99. The fourth-order valence-corrected chi connectivity index (χ4v) is 2.38. The van der Waals surface area contributed by atoms with Gasteiger partial charge in [-0.1, -0.05) is 12.1 Å². The topological polar surface area (TPSA) is 26.2 Å². The van der Waals surface area contributed by atoms with E-state index in [1.165, 1.54) is 16.5 Å². The first-order valence-electron chi connectivity index (χ1n) is 7.90. The van der Waals surface area contributed by atoms with Gasteiger partial charge in [-0.05, 0) is 57.2 Å². The number of hydrogen-bond acceptors (Lipinski definition) is 2. The van der Waals surface area contributed by atoms with Crippen molar-refractivity contribution in [1.29, 1.82) is 0 Å². The first kappa shape index (κ1) is 16.1. The highest BCUT2D eigenvalue weighted by atomic mass is 16.5. The van der Waals surface area contributed by atoms with Gasteiger partial charge in [0.2, 0.25) is 0 Å². The summed E-state index contributed by atoms with van der Waals surface area (Å²) in [4.78, 5) is 0. The number of nitrogens with zero attached hydrogens (tertiary/aromatic N) is 1. The lowest BCUT2D eigenvalue weighted by Crippen LogP contribution is -2.35. The van der Waals surface area contributed by atoms with Crippen LogP contribution in [0.3, 0.4) is 0 Å². The van der Waals surface area contributed by atoms with Gasteiger partial charge in [0.05, 0.1) is 0 Å². The van der Waals surface area contributed by atoms with Crippen LogP contribution in [0.15, 0.2) is 30.5 Å². The van der Waals surface area contributed by atoms with E-state index >= 15 is 0 Å². The van der Waals surface area contributed by atoms with Crippen LogP contribution in [-0.2, 0) is 17.8 Å². The van der Waals surface area contributed by atoms with E-state index in [0.29, 0.717) is 0 Å². The van der Waals surface area contributed by atoms with Gasteiger partial charge < -0.3 is 14.6 Å². The minimum Gasteiger partial charge on any atom is -0.382 e. The quantitative estimate of drug-likeness (QED) is 0.781. The summed E-state index contributed by atoms with van der Waals surface area (Å²) in [6.45, 7) is 12.2. The van der Waals surface area contributed by atoms with Crippen molar-refractivity contribution < 1.29 is 4.74 Å². The van der Waals surface area contributed by atoms with E-state index in [1.807, 2.05) is 6.92 Å². The monoisotopic (exact) mass is 288 g/mol. The molecule has 1 N–H and O–H groups in total. The molecule has 0 fully saturated rings. The van der Waals surface area contributed by atoms with Crippen molar-refractivity contribution >= 4 is 10.9 Å². The Morgan fingerprint density at radius 3 is 2.71 bits per heavy atom. The summed E-state index contributed by atoms with van der Waals surface area (Å²) in [5, 5.41) is 4.86. The van der Waals surface area contributed by atoms with E-state index in [0.717, 1.165) is 32.7 Å². The molecule has 0 bridgehead atoms. The number of fused-ring (bicyclic) bond motifs is 1. The normalized spacial score (nSPS) is 12.2. The molecular weight excluding hydrogens is 260 g/mol. The zero-order chi connectivity index (χ0) is 15.3. The summed E-state index contributed by atoms with van der Waals surface area (Å²) in [7, 11) is 0. The lowest BCUT2D eigenvalue weighted by atomic mass is 10.1. The van der Waals surface area contributed by atoms with Crippen LogP contribution in [0.4, 0.5) is 0 Å². The molecule has 0 atom stereocenters. The second-order valence-electron chi connectivity index (χ2n) is 6.56. The zero-order valence-electron chi connectivity index (χ0n) is 13.8. The Hall–Kier alpha value is -1.32. The van der Waals surface area contributed by atoms with Crippen molar-refractivity contribution in [3.63, 3.8) is 0 Å². The molecule has 0 aliphatic heterocycles. The minimum atomic E-state index is 0.147. The molecule has 1 aromatic heterocycles. The van der Waals surface area contributed by atoms with E-state index in [4.69, 9.17) is 4.74 Å². The zero-order valence-corrected chi connectivity index (χ0v) is 13.8. The van der Waals surface area contributed by atoms with Crippen molar-refractivity contribution in [3.05, 3.63) is 36.0 Å². The number of rotatable bonds is 7. The molecule has 1 aromatic carbocycles.